The van der Waals surface area contributed by atoms with Gasteiger partial charge in [-0.1, -0.05) is 29.0 Å². The van der Waals surface area contributed by atoms with Crippen LogP contribution in [0.15, 0.2) is 21.5 Å². The van der Waals surface area contributed by atoms with E-state index in [9.17, 15) is 0 Å². The first-order valence-electron chi connectivity index (χ1n) is 3.18. The minimum absolute atomic E-state index is 0.674. The van der Waals surface area contributed by atoms with Crippen molar-refractivity contribution in [2.24, 2.45) is 0 Å². The summed E-state index contributed by atoms with van der Waals surface area (Å²) in [4.78, 5) is 0. The average molecular weight is 159 g/mol. The van der Waals surface area contributed by atoms with E-state index in [1.807, 2.05) is 0 Å². The summed E-state index contributed by atoms with van der Waals surface area (Å²) in [5.41, 5.74) is 3.54. The van der Waals surface area contributed by atoms with Gasteiger partial charge >= 0.3 is 0 Å². The minimum atomic E-state index is -0.674. The first-order valence-corrected chi connectivity index (χ1v) is 5.95. The van der Waals surface area contributed by atoms with Crippen LogP contribution in [0, 0.1) is 0 Å². The Morgan fingerprint density at radius 1 is 1.44 bits per heavy atom. The van der Waals surface area contributed by atoms with Gasteiger partial charge in [-0.3, -0.25) is 0 Å². The Bertz CT molecular complexity index is 191. The molecule has 1 aliphatic rings. The number of hydrogen-bond acceptors (Lipinski definition) is 0. The Labute approximate surface area is 62.8 Å². The maximum Gasteiger partial charge on any atom is 0.0878 e. The highest BCUT2D eigenvalue weighted by atomic mass is 35.5. The van der Waals surface area contributed by atoms with Gasteiger partial charge in [-0.25, -0.2) is 0 Å². The third-order valence-electron chi connectivity index (χ3n) is 2.03. The molecule has 0 saturated carbocycles. The summed E-state index contributed by atoms with van der Waals surface area (Å²) < 4.78 is 0. The first kappa shape index (κ1) is 7.10. The zero-order chi connectivity index (χ0) is 7.02. The molecular weight excluding hydrogens is 148 g/mol. The van der Waals surface area contributed by atoms with Gasteiger partial charge in [-0.2, -0.15) is 0 Å². The molecule has 0 spiro atoms. The van der Waals surface area contributed by atoms with Crippen LogP contribution in [0.4, 0.5) is 0 Å². The van der Waals surface area contributed by atoms with E-state index in [-0.39, 0.29) is 0 Å². The normalized spacial score (nSPS) is 27.1. The van der Waals surface area contributed by atoms with Crippen molar-refractivity contribution in [3.8, 4) is 0 Å². The van der Waals surface area contributed by atoms with Crippen molar-refractivity contribution in [1.29, 1.82) is 0 Å². The molecule has 0 fully saturated rings. The molecule has 0 aliphatic carbocycles. The maximum atomic E-state index is 5.89. The Kier molecular flexibility index (Phi) is 1.82. The molecule has 0 saturated heterocycles. The summed E-state index contributed by atoms with van der Waals surface area (Å²) in [5.74, 6) is 0. The Morgan fingerprint density at radius 2 is 2.00 bits per heavy atom. The van der Waals surface area contributed by atoms with Crippen LogP contribution in [0.5, 0.6) is 0 Å². The lowest BCUT2D eigenvalue weighted by Gasteiger charge is -1.98. The highest BCUT2D eigenvalue weighted by Crippen LogP contribution is 2.26. The Balaban J connectivity index is 2.97. The van der Waals surface area contributed by atoms with Gasteiger partial charge in [0, 0.05) is 5.03 Å². The van der Waals surface area contributed by atoms with Gasteiger partial charge in [0.25, 0.3) is 0 Å². The second kappa shape index (κ2) is 2.31. The lowest BCUT2D eigenvalue weighted by Crippen LogP contribution is -2.01. The highest BCUT2D eigenvalue weighted by molar-refractivity contribution is 6.73. The van der Waals surface area contributed by atoms with E-state index < -0.39 is 8.80 Å². The average Bonchev–Trinajstić information content (AvgIpc) is 1.98. The highest BCUT2D eigenvalue weighted by Gasteiger charge is 2.15. The Morgan fingerprint density at radius 3 is 2.11 bits per heavy atom. The molecule has 1 rings (SSSR count). The van der Waals surface area contributed by atoms with Gasteiger partial charge in [0.05, 0.1) is 8.80 Å². The van der Waals surface area contributed by atoms with Crippen LogP contribution in [0.3, 0.4) is 0 Å². The van der Waals surface area contributed by atoms with E-state index in [0.29, 0.717) is 0 Å². The fraction of sp³-hybridized carbons (Fsp3) is 0.429. The van der Waals surface area contributed by atoms with E-state index >= 15 is 0 Å². The van der Waals surface area contributed by atoms with Crippen LogP contribution >= 0.6 is 11.6 Å². The smallest absolute Gasteiger partial charge is 0.0848 e. The third kappa shape index (κ3) is 1.12. The molecular formula is C7H11ClSi. The lowest BCUT2D eigenvalue weighted by molar-refractivity contribution is 1.44. The van der Waals surface area contributed by atoms with Gasteiger partial charge in [0.1, 0.15) is 0 Å². The summed E-state index contributed by atoms with van der Waals surface area (Å²) in [5, 5.41) is 2.53. The summed E-state index contributed by atoms with van der Waals surface area (Å²) in [6.45, 7) is 6.59. The summed E-state index contributed by atoms with van der Waals surface area (Å²) in [6, 6.07) is 0. The lowest BCUT2D eigenvalue weighted by atomic mass is 10.3. The van der Waals surface area contributed by atoms with E-state index in [1.54, 1.807) is 5.20 Å². The second-order valence-electron chi connectivity index (χ2n) is 2.61. The van der Waals surface area contributed by atoms with Crippen molar-refractivity contribution in [3.63, 3.8) is 0 Å². The number of halogens is 1. The molecule has 0 aromatic carbocycles. The molecule has 0 radical (unpaired) electrons. The van der Waals surface area contributed by atoms with Crippen LogP contribution in [0.1, 0.15) is 13.8 Å². The summed E-state index contributed by atoms with van der Waals surface area (Å²) >= 11 is 5.89. The van der Waals surface area contributed by atoms with Gasteiger partial charge in [-0.05, 0) is 19.4 Å². The van der Waals surface area contributed by atoms with Gasteiger partial charge < -0.3 is 0 Å². The van der Waals surface area contributed by atoms with Crippen molar-refractivity contribution in [1.82, 2.24) is 0 Å². The van der Waals surface area contributed by atoms with Crippen molar-refractivity contribution >= 4 is 20.4 Å². The quantitative estimate of drug-likeness (QED) is 0.475. The molecule has 0 aromatic rings. The molecule has 2 heteroatoms. The second-order valence-corrected chi connectivity index (χ2v) is 5.80. The van der Waals surface area contributed by atoms with Crippen LogP contribution in [-0.4, -0.2) is 8.80 Å². The fourth-order valence-corrected chi connectivity index (χ4v) is 3.58. The van der Waals surface area contributed by atoms with Crippen LogP contribution < -0.4 is 0 Å². The van der Waals surface area contributed by atoms with Crippen molar-refractivity contribution < 1.29 is 0 Å². The van der Waals surface area contributed by atoms with Crippen LogP contribution in [0.25, 0.3) is 0 Å². The zero-order valence-electron chi connectivity index (χ0n) is 6.03. The van der Waals surface area contributed by atoms with E-state index in [4.69, 9.17) is 11.6 Å². The number of hydrogen-bond donors (Lipinski definition) is 0. The molecule has 0 nitrogen and oxygen atoms in total. The molecule has 0 N–H and O–H groups in total. The zero-order valence-corrected chi connectivity index (χ0v) is 7.94. The summed E-state index contributed by atoms with van der Waals surface area (Å²) in [7, 11) is -0.674. The first-order chi connectivity index (χ1) is 4.13. The standard InChI is InChI=1S/C7H11ClSi/c1-5-6(2)9(3)4-7(5)8/h4,9H,1-3H3. The number of allylic oxidation sites excluding steroid dienone is 3. The molecule has 50 valence electrons. The minimum Gasteiger partial charge on any atom is -0.0848 e. The third-order valence-corrected chi connectivity index (χ3v) is 5.28. The van der Waals surface area contributed by atoms with Crippen molar-refractivity contribution in [3.05, 3.63) is 21.5 Å². The molecule has 1 atom stereocenters. The van der Waals surface area contributed by atoms with Gasteiger partial charge in [0.2, 0.25) is 0 Å². The molecule has 1 heterocycles. The predicted octanol–water partition coefficient (Wildman–Crippen LogP) is 2.39. The van der Waals surface area contributed by atoms with Crippen LogP contribution in [-0.2, 0) is 0 Å². The fourth-order valence-electron chi connectivity index (χ4n) is 0.999. The molecule has 0 bridgehead atoms. The largest absolute Gasteiger partial charge is 0.0878 e. The number of rotatable bonds is 0. The molecule has 1 aliphatic heterocycles. The molecule has 0 amide bonds. The van der Waals surface area contributed by atoms with E-state index in [1.165, 1.54) is 5.57 Å². The van der Waals surface area contributed by atoms with Crippen LogP contribution in [0.2, 0.25) is 6.55 Å². The van der Waals surface area contributed by atoms with E-state index in [2.05, 4.69) is 26.1 Å². The summed E-state index contributed by atoms with van der Waals surface area (Å²) in [6.07, 6.45) is 0. The maximum absolute atomic E-state index is 5.89. The molecule has 1 unspecified atom stereocenters. The topological polar surface area (TPSA) is 0 Å². The van der Waals surface area contributed by atoms with Crippen molar-refractivity contribution in [2.45, 2.75) is 20.4 Å². The van der Waals surface area contributed by atoms with E-state index in [0.717, 1.165) is 5.03 Å². The monoisotopic (exact) mass is 158 g/mol. The van der Waals surface area contributed by atoms with Gasteiger partial charge in [0.15, 0.2) is 0 Å². The molecule has 9 heavy (non-hydrogen) atoms. The Hall–Kier alpha value is -0.0131. The van der Waals surface area contributed by atoms with Crippen molar-refractivity contribution in [2.75, 3.05) is 0 Å². The predicted molar refractivity (Wildman–Crippen MR) is 45.3 cm³/mol. The SMILES string of the molecule is CC1=C(C)[SiH](C)C=C1Cl. The molecule has 0 aromatic heterocycles. The van der Waals surface area contributed by atoms with Gasteiger partial charge in [-0.15, -0.1) is 0 Å².